The van der Waals surface area contributed by atoms with E-state index in [1.165, 1.54) is 16.9 Å². The smallest absolute Gasteiger partial charge is 0.284 e. The van der Waals surface area contributed by atoms with Crippen LogP contribution in [0.25, 0.3) is 5.65 Å². The van der Waals surface area contributed by atoms with E-state index in [1.807, 2.05) is 13.1 Å². The number of carbonyl (C=O) groups is 1. The average molecular weight is 473 g/mol. The highest BCUT2D eigenvalue weighted by atomic mass is 19.3. The Labute approximate surface area is 194 Å². The van der Waals surface area contributed by atoms with Gasteiger partial charge in [-0.3, -0.25) is 9.48 Å². The summed E-state index contributed by atoms with van der Waals surface area (Å²) in [4.78, 5) is 22.2. The largest absolute Gasteiger partial charge is 0.374 e. The second-order valence-corrected chi connectivity index (χ2v) is 9.31. The Hall–Kier alpha value is -3.12. The normalized spacial score (nSPS) is 23.5. The van der Waals surface area contributed by atoms with E-state index in [-0.39, 0.29) is 29.4 Å². The molecule has 6 rings (SSSR count). The number of rotatable bonds is 5. The van der Waals surface area contributed by atoms with Crippen LogP contribution in [-0.4, -0.2) is 80.6 Å². The SMILES string of the molecule is CN1CCC(n2cc(NC(=O)c3cnn4ccc(N5C[C@@H]6C[C@H]5CO6)nc34)c(C(F)F)n2)CC1. The fourth-order valence-corrected chi connectivity index (χ4v) is 5.16. The lowest BCUT2D eigenvalue weighted by Crippen LogP contribution is -2.37. The number of alkyl halides is 2. The molecule has 2 bridgehead atoms. The number of hydrogen-bond donors (Lipinski definition) is 1. The van der Waals surface area contributed by atoms with Crippen molar-refractivity contribution in [3.05, 3.63) is 35.9 Å². The van der Waals surface area contributed by atoms with Crippen LogP contribution in [0.2, 0.25) is 0 Å². The molecule has 180 valence electrons. The molecule has 3 saturated heterocycles. The predicted molar refractivity (Wildman–Crippen MR) is 119 cm³/mol. The van der Waals surface area contributed by atoms with Gasteiger partial charge >= 0.3 is 0 Å². The Morgan fingerprint density at radius 3 is 2.79 bits per heavy atom. The van der Waals surface area contributed by atoms with Gasteiger partial charge < -0.3 is 19.9 Å². The molecular formula is C22H26F2N8O2. The zero-order valence-electron chi connectivity index (χ0n) is 18.8. The van der Waals surface area contributed by atoms with Crippen molar-refractivity contribution in [1.82, 2.24) is 29.3 Å². The number of nitrogens with one attached hydrogen (secondary N) is 1. The molecule has 3 aliphatic heterocycles. The molecule has 3 aromatic heterocycles. The Morgan fingerprint density at radius 2 is 2.09 bits per heavy atom. The molecule has 3 aromatic rings. The van der Waals surface area contributed by atoms with E-state index in [2.05, 4.69) is 30.3 Å². The van der Waals surface area contributed by atoms with Gasteiger partial charge in [0.2, 0.25) is 0 Å². The van der Waals surface area contributed by atoms with Crippen LogP contribution in [0.5, 0.6) is 0 Å². The topological polar surface area (TPSA) is 92.8 Å². The number of hydrogen-bond acceptors (Lipinski definition) is 7. The number of piperidine rings is 1. The molecule has 0 spiro atoms. The summed E-state index contributed by atoms with van der Waals surface area (Å²) in [7, 11) is 2.03. The summed E-state index contributed by atoms with van der Waals surface area (Å²) in [6, 6.07) is 2.17. The van der Waals surface area contributed by atoms with Gasteiger partial charge in [-0.2, -0.15) is 10.2 Å². The Balaban J connectivity index is 1.26. The Bertz CT molecular complexity index is 1220. The number of fused-ring (bicyclic) bond motifs is 3. The van der Waals surface area contributed by atoms with Gasteiger partial charge in [-0.25, -0.2) is 18.3 Å². The van der Waals surface area contributed by atoms with Crippen molar-refractivity contribution in [1.29, 1.82) is 0 Å². The average Bonchev–Trinajstić information content (AvgIpc) is 3.61. The third-order valence-electron chi connectivity index (χ3n) is 7.07. The maximum Gasteiger partial charge on any atom is 0.284 e. The standard InChI is InChI=1S/C22H26F2N8O2/c1-29-5-2-13(3-6-29)32-11-17(19(28-32)20(23)24)26-22(33)16-9-25-31-7-4-18(27-21(16)31)30-10-15-8-14(30)12-34-15/h4,7,9,11,13-15,20H,2-3,5-6,8,10,12H2,1H3,(H,26,33)/t14-,15-/m0/s1. The van der Waals surface area contributed by atoms with Crippen molar-refractivity contribution in [3.8, 4) is 0 Å². The second-order valence-electron chi connectivity index (χ2n) is 9.31. The van der Waals surface area contributed by atoms with Crippen molar-refractivity contribution >= 4 is 23.1 Å². The van der Waals surface area contributed by atoms with Gasteiger partial charge in [0.15, 0.2) is 11.3 Å². The van der Waals surface area contributed by atoms with Crippen molar-refractivity contribution in [2.75, 3.05) is 43.5 Å². The van der Waals surface area contributed by atoms with Gasteiger partial charge in [-0.05, 0) is 45.5 Å². The van der Waals surface area contributed by atoms with Crippen molar-refractivity contribution in [2.45, 2.75) is 43.9 Å². The quantitative estimate of drug-likeness (QED) is 0.609. The fourth-order valence-electron chi connectivity index (χ4n) is 5.16. The molecule has 1 N–H and O–H groups in total. The highest BCUT2D eigenvalue weighted by Crippen LogP contribution is 2.33. The first kappa shape index (κ1) is 21.4. The van der Waals surface area contributed by atoms with Crippen LogP contribution in [0.1, 0.15) is 47.8 Å². The molecule has 2 atom stereocenters. The highest BCUT2D eigenvalue weighted by molar-refractivity contribution is 6.08. The number of ether oxygens (including phenoxy) is 1. The molecule has 0 saturated carbocycles. The maximum absolute atomic E-state index is 13.7. The van der Waals surface area contributed by atoms with Crippen LogP contribution in [0, 0.1) is 0 Å². The molecule has 1 amide bonds. The molecule has 0 aliphatic carbocycles. The molecule has 3 fully saturated rings. The lowest BCUT2D eigenvalue weighted by atomic mass is 10.1. The summed E-state index contributed by atoms with van der Waals surface area (Å²) in [5.41, 5.74) is 0.184. The zero-order chi connectivity index (χ0) is 23.4. The van der Waals surface area contributed by atoms with E-state index in [9.17, 15) is 13.6 Å². The Kier molecular flexibility index (Phi) is 5.21. The summed E-state index contributed by atoms with van der Waals surface area (Å²) in [6.45, 7) is 3.17. The number of anilines is 2. The first-order valence-electron chi connectivity index (χ1n) is 11.6. The van der Waals surface area contributed by atoms with Crippen LogP contribution >= 0.6 is 0 Å². The highest BCUT2D eigenvalue weighted by Gasteiger charge is 2.39. The van der Waals surface area contributed by atoms with Crippen molar-refractivity contribution in [3.63, 3.8) is 0 Å². The van der Waals surface area contributed by atoms with E-state index < -0.39 is 18.0 Å². The molecular weight excluding hydrogens is 446 g/mol. The lowest BCUT2D eigenvalue weighted by molar-refractivity contribution is 0.0988. The van der Waals surface area contributed by atoms with Gasteiger partial charge in [0, 0.05) is 18.9 Å². The van der Waals surface area contributed by atoms with Crippen molar-refractivity contribution in [2.24, 2.45) is 0 Å². The molecule has 0 unspecified atom stereocenters. The number of aromatic nitrogens is 5. The maximum atomic E-state index is 13.7. The zero-order valence-corrected chi connectivity index (χ0v) is 18.8. The second kappa shape index (κ2) is 8.27. The minimum absolute atomic E-state index is 0.0171. The van der Waals surface area contributed by atoms with E-state index in [1.54, 1.807) is 10.9 Å². The third kappa shape index (κ3) is 3.70. The fraction of sp³-hybridized carbons (Fsp3) is 0.545. The molecule has 12 heteroatoms. The number of amides is 1. The van der Waals surface area contributed by atoms with Gasteiger partial charge in [0.1, 0.15) is 11.4 Å². The summed E-state index contributed by atoms with van der Waals surface area (Å²) < 4.78 is 36.2. The van der Waals surface area contributed by atoms with Crippen LogP contribution in [0.4, 0.5) is 20.3 Å². The number of halogens is 2. The van der Waals surface area contributed by atoms with Gasteiger partial charge in [0.25, 0.3) is 12.3 Å². The molecule has 6 heterocycles. The summed E-state index contributed by atoms with van der Waals surface area (Å²) in [6.07, 6.45) is 4.69. The monoisotopic (exact) mass is 472 g/mol. The predicted octanol–water partition coefficient (Wildman–Crippen LogP) is 2.36. The van der Waals surface area contributed by atoms with Gasteiger partial charge in [0.05, 0.1) is 36.7 Å². The summed E-state index contributed by atoms with van der Waals surface area (Å²) >= 11 is 0. The van der Waals surface area contributed by atoms with Gasteiger partial charge in [-0.1, -0.05) is 0 Å². The molecule has 10 nitrogen and oxygen atoms in total. The van der Waals surface area contributed by atoms with Gasteiger partial charge in [-0.15, -0.1) is 0 Å². The minimum atomic E-state index is -2.80. The number of carbonyl (C=O) groups excluding carboxylic acids is 1. The van der Waals surface area contributed by atoms with Crippen molar-refractivity contribution < 1.29 is 18.3 Å². The number of nitrogens with zero attached hydrogens (tertiary/aromatic N) is 7. The van der Waals surface area contributed by atoms with E-state index in [0.717, 1.165) is 44.7 Å². The van der Waals surface area contributed by atoms with Crippen LogP contribution in [-0.2, 0) is 4.74 Å². The minimum Gasteiger partial charge on any atom is -0.374 e. The molecule has 0 radical (unpaired) electrons. The third-order valence-corrected chi connectivity index (χ3v) is 7.07. The molecule has 3 aliphatic rings. The van der Waals surface area contributed by atoms with E-state index in [0.29, 0.717) is 12.3 Å². The first-order valence-corrected chi connectivity index (χ1v) is 11.6. The van der Waals surface area contributed by atoms with Crippen LogP contribution in [0.15, 0.2) is 24.7 Å². The summed E-state index contributed by atoms with van der Waals surface area (Å²) in [5.74, 6) is 0.206. The lowest BCUT2D eigenvalue weighted by Gasteiger charge is -2.28. The number of morpholine rings is 1. The molecule has 0 aromatic carbocycles. The number of likely N-dealkylation sites (tertiary alicyclic amines) is 1. The van der Waals surface area contributed by atoms with E-state index in [4.69, 9.17) is 4.74 Å². The van der Waals surface area contributed by atoms with Crippen LogP contribution in [0.3, 0.4) is 0 Å². The summed E-state index contributed by atoms with van der Waals surface area (Å²) in [5, 5.41) is 11.0. The van der Waals surface area contributed by atoms with Crippen LogP contribution < -0.4 is 10.2 Å². The first-order chi connectivity index (χ1) is 16.5. The molecule has 34 heavy (non-hydrogen) atoms. The Morgan fingerprint density at radius 1 is 1.26 bits per heavy atom. The van der Waals surface area contributed by atoms with E-state index >= 15 is 0 Å².